The summed E-state index contributed by atoms with van der Waals surface area (Å²) in [6, 6.07) is 14.9. The van der Waals surface area contributed by atoms with Crippen LogP contribution >= 0.6 is 0 Å². The van der Waals surface area contributed by atoms with Gasteiger partial charge in [0.15, 0.2) is 34.5 Å². The SMILES string of the molecule is COc1ccc(-c2c(C)c(C(=O)c3cc(OC)c(OC)c(OC)c3)n3ccc4cc(OC)c(OC)cc4c23)cc1OC. The van der Waals surface area contributed by atoms with E-state index in [4.69, 9.17) is 33.2 Å². The molecule has 0 atom stereocenters. The van der Waals surface area contributed by atoms with Crippen LogP contribution in [0, 0.1) is 6.92 Å². The van der Waals surface area contributed by atoms with Crippen LogP contribution in [0.1, 0.15) is 21.6 Å². The number of ketones is 1. The Morgan fingerprint density at radius 2 is 1.19 bits per heavy atom. The maximum Gasteiger partial charge on any atom is 0.210 e. The zero-order valence-corrected chi connectivity index (χ0v) is 24.9. The van der Waals surface area contributed by atoms with E-state index in [-0.39, 0.29) is 5.78 Å². The minimum Gasteiger partial charge on any atom is -0.493 e. The molecule has 0 radical (unpaired) electrons. The van der Waals surface area contributed by atoms with Crippen molar-refractivity contribution in [3.8, 4) is 51.4 Å². The third-order valence-corrected chi connectivity index (χ3v) is 7.48. The maximum absolute atomic E-state index is 14.4. The van der Waals surface area contributed by atoms with Crippen molar-refractivity contribution in [2.45, 2.75) is 6.92 Å². The predicted molar refractivity (Wildman–Crippen MR) is 161 cm³/mol. The highest BCUT2D eigenvalue weighted by molar-refractivity contribution is 6.15. The Labute approximate surface area is 244 Å². The molecule has 0 N–H and O–H groups in total. The van der Waals surface area contributed by atoms with E-state index < -0.39 is 0 Å². The van der Waals surface area contributed by atoms with Crippen molar-refractivity contribution in [2.75, 3.05) is 49.8 Å². The van der Waals surface area contributed by atoms with Gasteiger partial charge in [-0.2, -0.15) is 0 Å². The summed E-state index contributed by atoms with van der Waals surface area (Å²) in [4.78, 5) is 14.4. The Hall–Kier alpha value is -5.05. The van der Waals surface area contributed by atoms with Gasteiger partial charge in [0, 0.05) is 22.7 Å². The van der Waals surface area contributed by atoms with Crippen molar-refractivity contribution in [2.24, 2.45) is 0 Å². The number of hydrogen-bond donors (Lipinski definition) is 0. The summed E-state index contributed by atoms with van der Waals surface area (Å²) < 4.78 is 40.8. The van der Waals surface area contributed by atoms with Crippen molar-refractivity contribution in [3.63, 3.8) is 0 Å². The highest BCUT2D eigenvalue weighted by Crippen LogP contribution is 2.44. The normalized spacial score (nSPS) is 11.0. The zero-order valence-electron chi connectivity index (χ0n) is 24.9. The Bertz CT molecular complexity index is 1800. The van der Waals surface area contributed by atoms with Gasteiger partial charge >= 0.3 is 0 Å². The third-order valence-electron chi connectivity index (χ3n) is 7.48. The number of rotatable bonds is 10. The van der Waals surface area contributed by atoms with Gasteiger partial charge in [0.25, 0.3) is 0 Å². The number of methoxy groups -OCH3 is 7. The van der Waals surface area contributed by atoms with Crippen LogP contribution in [0.25, 0.3) is 27.4 Å². The van der Waals surface area contributed by atoms with Crippen LogP contribution in [-0.2, 0) is 0 Å². The predicted octanol–water partition coefficient (Wildman–Crippen LogP) is 6.36. The molecule has 218 valence electrons. The van der Waals surface area contributed by atoms with Crippen LogP contribution in [0.5, 0.6) is 40.2 Å². The second-order valence-electron chi connectivity index (χ2n) is 9.49. The molecule has 0 unspecified atom stereocenters. The number of benzene rings is 3. The number of aromatic nitrogens is 1. The molecule has 0 saturated heterocycles. The lowest BCUT2D eigenvalue weighted by atomic mass is 9.97. The summed E-state index contributed by atoms with van der Waals surface area (Å²) in [6.07, 6.45) is 1.89. The molecule has 0 fully saturated rings. The average Bonchev–Trinajstić information content (AvgIpc) is 3.34. The summed E-state index contributed by atoms with van der Waals surface area (Å²) in [7, 11) is 11.0. The molecule has 2 heterocycles. The van der Waals surface area contributed by atoms with Gasteiger partial charge in [0.1, 0.15) is 0 Å². The summed E-state index contributed by atoms with van der Waals surface area (Å²) in [5.41, 5.74) is 4.20. The van der Waals surface area contributed by atoms with E-state index in [0.717, 1.165) is 33.0 Å². The summed E-state index contributed by atoms with van der Waals surface area (Å²) >= 11 is 0. The van der Waals surface area contributed by atoms with Gasteiger partial charge in [-0.3, -0.25) is 4.79 Å². The molecule has 0 aliphatic carbocycles. The first-order valence-corrected chi connectivity index (χ1v) is 13.1. The Balaban J connectivity index is 1.88. The first-order chi connectivity index (χ1) is 20.3. The lowest BCUT2D eigenvalue weighted by Crippen LogP contribution is -2.08. The number of carbonyl (C=O) groups is 1. The molecular formula is C33H33NO8. The van der Waals surface area contributed by atoms with E-state index in [9.17, 15) is 4.79 Å². The summed E-state index contributed by atoms with van der Waals surface area (Å²) in [6.45, 7) is 1.94. The van der Waals surface area contributed by atoms with Crippen LogP contribution < -0.4 is 33.2 Å². The minimum atomic E-state index is -0.215. The Morgan fingerprint density at radius 3 is 1.76 bits per heavy atom. The fourth-order valence-corrected chi connectivity index (χ4v) is 5.49. The Morgan fingerprint density at radius 1 is 0.619 bits per heavy atom. The second kappa shape index (κ2) is 11.4. The smallest absolute Gasteiger partial charge is 0.210 e. The van der Waals surface area contributed by atoms with E-state index in [1.54, 1.807) is 40.6 Å². The number of pyridine rings is 1. The van der Waals surface area contributed by atoms with Gasteiger partial charge in [0.2, 0.25) is 11.5 Å². The number of ether oxygens (including phenoxy) is 7. The molecule has 3 aromatic carbocycles. The van der Waals surface area contributed by atoms with E-state index in [1.165, 1.54) is 21.3 Å². The molecule has 5 rings (SSSR count). The van der Waals surface area contributed by atoms with E-state index in [0.29, 0.717) is 51.5 Å². The largest absolute Gasteiger partial charge is 0.493 e. The molecule has 5 aromatic rings. The van der Waals surface area contributed by atoms with Gasteiger partial charge < -0.3 is 37.6 Å². The molecule has 42 heavy (non-hydrogen) atoms. The highest BCUT2D eigenvalue weighted by atomic mass is 16.5. The van der Waals surface area contributed by atoms with Gasteiger partial charge in [-0.15, -0.1) is 0 Å². The average molecular weight is 572 g/mol. The number of hydrogen-bond acceptors (Lipinski definition) is 8. The lowest BCUT2D eigenvalue weighted by Gasteiger charge is -2.14. The quantitative estimate of drug-likeness (QED) is 0.179. The van der Waals surface area contributed by atoms with Crippen molar-refractivity contribution in [1.29, 1.82) is 0 Å². The van der Waals surface area contributed by atoms with Crippen molar-refractivity contribution >= 4 is 22.1 Å². The molecule has 0 saturated carbocycles. The number of nitrogens with zero attached hydrogens (tertiary/aromatic N) is 1. The van der Waals surface area contributed by atoms with E-state index >= 15 is 0 Å². The molecule has 9 heteroatoms. The highest BCUT2D eigenvalue weighted by Gasteiger charge is 2.27. The molecular weight excluding hydrogens is 538 g/mol. The van der Waals surface area contributed by atoms with Crippen LogP contribution in [-0.4, -0.2) is 60.0 Å². The van der Waals surface area contributed by atoms with Crippen molar-refractivity contribution in [1.82, 2.24) is 4.40 Å². The van der Waals surface area contributed by atoms with Crippen LogP contribution in [0.2, 0.25) is 0 Å². The van der Waals surface area contributed by atoms with E-state index in [1.807, 2.05) is 53.9 Å². The monoisotopic (exact) mass is 571 g/mol. The fourth-order valence-electron chi connectivity index (χ4n) is 5.49. The molecule has 2 aromatic heterocycles. The minimum absolute atomic E-state index is 0.215. The zero-order chi connectivity index (χ0) is 30.1. The first kappa shape index (κ1) is 28.5. The van der Waals surface area contributed by atoms with Crippen molar-refractivity contribution < 1.29 is 38.0 Å². The van der Waals surface area contributed by atoms with Crippen molar-refractivity contribution in [3.05, 3.63) is 71.5 Å². The molecule has 9 nitrogen and oxygen atoms in total. The van der Waals surface area contributed by atoms with Gasteiger partial charge in [-0.1, -0.05) is 6.07 Å². The molecule has 0 bridgehead atoms. The summed E-state index contributed by atoms with van der Waals surface area (Å²) in [5, 5.41) is 1.80. The topological polar surface area (TPSA) is 86.1 Å². The van der Waals surface area contributed by atoms with Crippen LogP contribution in [0.15, 0.2) is 54.7 Å². The maximum atomic E-state index is 14.4. The van der Waals surface area contributed by atoms with Gasteiger partial charge in [-0.25, -0.2) is 0 Å². The van der Waals surface area contributed by atoms with Crippen LogP contribution in [0.4, 0.5) is 0 Å². The lowest BCUT2D eigenvalue weighted by molar-refractivity contribution is 0.103. The first-order valence-electron chi connectivity index (χ1n) is 13.1. The molecule has 0 amide bonds. The molecule has 0 spiro atoms. The molecule has 0 aliphatic heterocycles. The standard InChI is InChI=1S/C33H33NO8/c1-18-29(20-9-10-23(36-2)24(14-20)37-3)31-22-17-26(39-5)25(38-4)13-19(22)11-12-34(31)30(18)32(35)21-15-27(40-6)33(42-8)28(16-21)41-7/h9-17H,1-8H3. The van der Waals surface area contributed by atoms with E-state index in [2.05, 4.69) is 0 Å². The molecule has 0 aliphatic rings. The fraction of sp³-hybridized carbons (Fsp3) is 0.242. The van der Waals surface area contributed by atoms with Gasteiger partial charge in [-0.05, 0) is 65.9 Å². The third kappa shape index (κ3) is 4.47. The summed E-state index contributed by atoms with van der Waals surface area (Å²) in [5.74, 6) is 3.34. The van der Waals surface area contributed by atoms with Crippen LogP contribution in [0.3, 0.4) is 0 Å². The second-order valence-corrected chi connectivity index (χ2v) is 9.49. The number of carbonyl (C=O) groups excluding carboxylic acids is 1. The number of fused-ring (bicyclic) bond motifs is 3. The Kier molecular flexibility index (Phi) is 7.76. The van der Waals surface area contributed by atoms with Gasteiger partial charge in [0.05, 0.1) is 61.0 Å².